The smallest absolute Gasteiger partial charge is 0.240 e. The first-order chi connectivity index (χ1) is 15.1. The van der Waals surface area contributed by atoms with Crippen LogP contribution in [0.1, 0.15) is 11.7 Å². The molecule has 1 unspecified atom stereocenters. The predicted octanol–water partition coefficient (Wildman–Crippen LogP) is 2.73. The lowest BCUT2D eigenvalue weighted by molar-refractivity contribution is 0.0426. The van der Waals surface area contributed by atoms with Gasteiger partial charge in [0.2, 0.25) is 5.89 Å². The highest BCUT2D eigenvalue weighted by Gasteiger charge is 2.21. The topological polar surface area (TPSA) is 84.1 Å². The Hall–Kier alpha value is -2.94. The third kappa shape index (κ3) is 6.52. The van der Waals surface area contributed by atoms with Crippen LogP contribution in [-0.4, -0.2) is 70.5 Å². The van der Waals surface area contributed by atoms with Crippen LogP contribution in [0.2, 0.25) is 0 Å². The molecule has 1 aliphatic heterocycles. The number of nitrogens with zero attached hydrogens (tertiary/aromatic N) is 4. The Morgan fingerprint density at radius 3 is 2.26 bits per heavy atom. The number of aliphatic hydroxyl groups excluding tert-OH is 1. The molecular weight excluding hydrogens is 396 g/mol. The number of aryl methyl sites for hydroxylation is 1. The first-order valence-corrected chi connectivity index (χ1v) is 10.5. The monoisotopic (exact) mass is 424 g/mol. The van der Waals surface area contributed by atoms with Gasteiger partial charge in [0.15, 0.2) is 5.82 Å². The van der Waals surface area contributed by atoms with Crippen molar-refractivity contribution >= 4 is 0 Å². The highest BCUT2D eigenvalue weighted by Crippen LogP contribution is 2.23. The van der Waals surface area contributed by atoms with Crippen molar-refractivity contribution in [3.63, 3.8) is 0 Å². The van der Waals surface area contributed by atoms with E-state index in [1.165, 1.54) is 0 Å². The molecule has 8 heteroatoms. The number of ether oxygens (including phenoxy) is 2. The molecule has 2 heterocycles. The average molecular weight is 425 g/mol. The molecule has 1 fully saturated rings. The van der Waals surface area contributed by atoms with Gasteiger partial charge < -0.3 is 19.1 Å². The number of hydrogen-bond donors (Lipinski definition) is 1. The van der Waals surface area contributed by atoms with Crippen LogP contribution in [-0.2, 0) is 6.54 Å². The lowest BCUT2D eigenvalue weighted by Crippen LogP contribution is -2.48. The molecule has 0 radical (unpaired) electrons. The SMILES string of the molecule is Cc1noc(CN2CCN(CC(O)COc3ccc(Oc4ccccc4)cc3)CC2)n1. The van der Waals surface area contributed by atoms with Crippen LogP contribution >= 0.6 is 0 Å². The lowest BCUT2D eigenvalue weighted by Gasteiger charge is -2.34. The highest BCUT2D eigenvalue weighted by atomic mass is 16.5. The molecule has 1 N–H and O–H groups in total. The van der Waals surface area contributed by atoms with Gasteiger partial charge in [-0.25, -0.2) is 0 Å². The summed E-state index contributed by atoms with van der Waals surface area (Å²) in [6, 6.07) is 17.1. The van der Waals surface area contributed by atoms with Crippen molar-refractivity contribution in [3.8, 4) is 17.2 Å². The molecule has 1 aliphatic rings. The fraction of sp³-hybridized carbons (Fsp3) is 0.391. The van der Waals surface area contributed by atoms with E-state index in [9.17, 15) is 5.11 Å². The first kappa shape index (κ1) is 21.3. The molecule has 3 aromatic rings. The van der Waals surface area contributed by atoms with Crippen molar-refractivity contribution < 1.29 is 19.1 Å². The molecule has 0 bridgehead atoms. The number of piperazine rings is 1. The van der Waals surface area contributed by atoms with Gasteiger partial charge in [-0.15, -0.1) is 0 Å². The summed E-state index contributed by atoms with van der Waals surface area (Å²) in [7, 11) is 0. The summed E-state index contributed by atoms with van der Waals surface area (Å²) in [6.07, 6.45) is -0.551. The third-order valence-electron chi connectivity index (χ3n) is 5.11. The fourth-order valence-electron chi connectivity index (χ4n) is 3.50. The Morgan fingerprint density at radius 1 is 0.935 bits per heavy atom. The van der Waals surface area contributed by atoms with Gasteiger partial charge in [0.05, 0.1) is 6.54 Å². The van der Waals surface area contributed by atoms with Crippen molar-refractivity contribution in [2.45, 2.75) is 19.6 Å². The summed E-state index contributed by atoms with van der Waals surface area (Å²) in [5.41, 5.74) is 0. The molecule has 1 saturated heterocycles. The van der Waals surface area contributed by atoms with Gasteiger partial charge in [0, 0.05) is 32.7 Å². The number of β-amino-alcohol motifs (C(OH)–C–C–N with tert-alkyl or cyclic N) is 1. The first-order valence-electron chi connectivity index (χ1n) is 10.5. The normalized spacial score (nSPS) is 16.2. The Bertz CT molecular complexity index is 924. The van der Waals surface area contributed by atoms with Gasteiger partial charge in [0.25, 0.3) is 0 Å². The van der Waals surface area contributed by atoms with Crippen molar-refractivity contribution in [1.29, 1.82) is 0 Å². The molecule has 0 aliphatic carbocycles. The Kier molecular flexibility index (Phi) is 7.14. The van der Waals surface area contributed by atoms with Gasteiger partial charge in [0.1, 0.15) is 30.0 Å². The van der Waals surface area contributed by atoms with Crippen LogP contribution in [0.25, 0.3) is 0 Å². The minimum absolute atomic E-state index is 0.250. The molecule has 1 aromatic heterocycles. The highest BCUT2D eigenvalue weighted by molar-refractivity contribution is 5.35. The van der Waals surface area contributed by atoms with E-state index in [4.69, 9.17) is 14.0 Å². The fourth-order valence-corrected chi connectivity index (χ4v) is 3.50. The van der Waals surface area contributed by atoms with Crippen LogP contribution < -0.4 is 9.47 Å². The standard InChI is InChI=1S/C23H28N4O4/c1-18-24-23(31-25-18)16-27-13-11-26(12-14-27)15-19(28)17-29-20-7-9-22(10-8-20)30-21-5-3-2-4-6-21/h2-10,19,28H,11-17H2,1H3. The summed E-state index contributed by atoms with van der Waals surface area (Å²) in [6.45, 7) is 6.90. The zero-order valence-electron chi connectivity index (χ0n) is 17.7. The second-order valence-corrected chi connectivity index (χ2v) is 7.66. The van der Waals surface area contributed by atoms with Crippen LogP contribution in [0.15, 0.2) is 59.1 Å². The van der Waals surface area contributed by atoms with Crippen LogP contribution in [0, 0.1) is 6.92 Å². The lowest BCUT2D eigenvalue weighted by atomic mass is 10.2. The van der Waals surface area contributed by atoms with Crippen LogP contribution in [0.4, 0.5) is 0 Å². The average Bonchev–Trinajstić information content (AvgIpc) is 3.20. The van der Waals surface area contributed by atoms with E-state index in [1.807, 2.05) is 61.5 Å². The van der Waals surface area contributed by atoms with Gasteiger partial charge in [-0.2, -0.15) is 4.98 Å². The molecule has 0 amide bonds. The van der Waals surface area contributed by atoms with E-state index >= 15 is 0 Å². The number of rotatable bonds is 9. The molecular formula is C23H28N4O4. The molecule has 8 nitrogen and oxygen atoms in total. The third-order valence-corrected chi connectivity index (χ3v) is 5.11. The minimum Gasteiger partial charge on any atom is -0.491 e. The van der Waals surface area contributed by atoms with Gasteiger partial charge >= 0.3 is 0 Å². The maximum atomic E-state index is 10.4. The summed E-state index contributed by atoms with van der Waals surface area (Å²) in [4.78, 5) is 8.79. The molecule has 4 rings (SSSR count). The maximum Gasteiger partial charge on any atom is 0.240 e. The van der Waals surface area contributed by atoms with Gasteiger partial charge in [-0.05, 0) is 43.3 Å². The second kappa shape index (κ2) is 10.4. The number of aromatic nitrogens is 2. The largest absolute Gasteiger partial charge is 0.491 e. The molecule has 2 aromatic carbocycles. The summed E-state index contributed by atoms with van der Waals surface area (Å²) in [5.74, 6) is 3.56. The Labute approximate surface area is 182 Å². The quantitative estimate of drug-likeness (QED) is 0.561. The minimum atomic E-state index is -0.551. The summed E-state index contributed by atoms with van der Waals surface area (Å²) < 4.78 is 16.7. The number of aliphatic hydroxyl groups is 1. The van der Waals surface area contributed by atoms with Crippen LogP contribution in [0.5, 0.6) is 17.2 Å². The van der Waals surface area contributed by atoms with E-state index in [0.29, 0.717) is 30.6 Å². The van der Waals surface area contributed by atoms with Crippen LogP contribution in [0.3, 0.4) is 0 Å². The van der Waals surface area contributed by atoms with Crippen molar-refractivity contribution in [3.05, 3.63) is 66.3 Å². The molecule has 31 heavy (non-hydrogen) atoms. The number of para-hydroxylation sites is 1. The summed E-state index contributed by atoms with van der Waals surface area (Å²) >= 11 is 0. The summed E-state index contributed by atoms with van der Waals surface area (Å²) in [5, 5.41) is 14.2. The maximum absolute atomic E-state index is 10.4. The van der Waals surface area contributed by atoms with E-state index < -0.39 is 6.10 Å². The predicted molar refractivity (Wildman–Crippen MR) is 115 cm³/mol. The van der Waals surface area contributed by atoms with E-state index in [1.54, 1.807) is 0 Å². The van der Waals surface area contributed by atoms with E-state index in [-0.39, 0.29) is 6.61 Å². The molecule has 0 spiro atoms. The van der Waals surface area contributed by atoms with Gasteiger partial charge in [-0.1, -0.05) is 23.4 Å². The zero-order valence-corrected chi connectivity index (χ0v) is 17.7. The number of hydrogen-bond acceptors (Lipinski definition) is 8. The Morgan fingerprint density at radius 2 is 1.58 bits per heavy atom. The van der Waals surface area contributed by atoms with Crippen molar-refractivity contribution in [1.82, 2.24) is 19.9 Å². The van der Waals surface area contributed by atoms with E-state index in [0.717, 1.165) is 37.7 Å². The molecule has 0 saturated carbocycles. The molecule has 164 valence electrons. The van der Waals surface area contributed by atoms with Gasteiger partial charge in [-0.3, -0.25) is 9.80 Å². The van der Waals surface area contributed by atoms with Crippen molar-refractivity contribution in [2.75, 3.05) is 39.3 Å². The number of benzene rings is 2. The van der Waals surface area contributed by atoms with Crippen molar-refractivity contribution in [2.24, 2.45) is 0 Å². The molecule has 1 atom stereocenters. The second-order valence-electron chi connectivity index (χ2n) is 7.66. The Balaban J connectivity index is 1.15. The zero-order chi connectivity index (χ0) is 21.5. The van der Waals surface area contributed by atoms with E-state index in [2.05, 4.69) is 19.9 Å².